The molecule has 2 atom stereocenters. The highest BCUT2D eigenvalue weighted by Gasteiger charge is 2.29. The Bertz CT molecular complexity index is 386. The fourth-order valence-corrected chi connectivity index (χ4v) is 4.47. The Hall–Kier alpha value is -0.643. The van der Waals surface area contributed by atoms with Crippen LogP contribution in [0.1, 0.15) is 24.8 Å². The molecule has 1 saturated heterocycles. The normalized spacial score (nSPS) is 23.1. The second-order valence-corrected chi connectivity index (χ2v) is 12.6. The third kappa shape index (κ3) is 5.78. The molecule has 1 aliphatic rings. The number of hydrogen-bond acceptors (Lipinski definition) is 2. The number of ether oxygens (including phenoxy) is 2. The summed E-state index contributed by atoms with van der Waals surface area (Å²) in [5.74, 6) is 0. The van der Waals surface area contributed by atoms with Crippen molar-refractivity contribution in [1.29, 1.82) is 0 Å². The van der Waals surface area contributed by atoms with Gasteiger partial charge >= 0.3 is 0 Å². The maximum absolute atomic E-state index is 6.14. The van der Waals surface area contributed by atoms with Crippen molar-refractivity contribution in [2.45, 2.75) is 63.8 Å². The van der Waals surface area contributed by atoms with Crippen LogP contribution in [0.5, 0.6) is 0 Å². The van der Waals surface area contributed by atoms with Crippen molar-refractivity contribution >= 4 is 8.07 Å². The van der Waals surface area contributed by atoms with E-state index in [4.69, 9.17) is 9.47 Å². The first-order chi connectivity index (χ1) is 9.53. The van der Waals surface area contributed by atoms with Gasteiger partial charge in [0.05, 0.1) is 18.8 Å². The molecule has 0 amide bonds. The van der Waals surface area contributed by atoms with Crippen molar-refractivity contribution in [3.63, 3.8) is 0 Å². The van der Waals surface area contributed by atoms with Gasteiger partial charge in [0.1, 0.15) is 0 Å². The molecule has 1 heterocycles. The van der Waals surface area contributed by atoms with Crippen LogP contribution < -0.4 is 0 Å². The van der Waals surface area contributed by atoms with Crippen LogP contribution in [-0.2, 0) is 16.1 Å². The maximum atomic E-state index is 6.14. The van der Waals surface area contributed by atoms with Crippen molar-refractivity contribution in [3.8, 4) is 0 Å². The molecule has 0 saturated carbocycles. The average molecular weight is 292 g/mol. The van der Waals surface area contributed by atoms with Crippen LogP contribution in [0, 0.1) is 0 Å². The maximum Gasteiger partial charge on any atom is 0.0716 e. The average Bonchev–Trinajstić information content (AvgIpc) is 2.81. The lowest BCUT2D eigenvalue weighted by Crippen LogP contribution is -2.27. The molecule has 2 rings (SSSR count). The van der Waals surface area contributed by atoms with E-state index in [1.165, 1.54) is 24.4 Å². The topological polar surface area (TPSA) is 18.5 Å². The largest absolute Gasteiger partial charge is 0.377 e. The predicted molar refractivity (Wildman–Crippen MR) is 86.8 cm³/mol. The van der Waals surface area contributed by atoms with Crippen molar-refractivity contribution in [2.24, 2.45) is 0 Å². The first-order valence-corrected chi connectivity index (χ1v) is 11.5. The number of benzene rings is 1. The Kier molecular flexibility index (Phi) is 5.82. The minimum absolute atomic E-state index is 0.423. The summed E-state index contributed by atoms with van der Waals surface area (Å²) in [6, 6.07) is 11.7. The van der Waals surface area contributed by atoms with Gasteiger partial charge in [0.2, 0.25) is 0 Å². The van der Waals surface area contributed by atoms with Gasteiger partial charge in [-0.1, -0.05) is 50.0 Å². The van der Waals surface area contributed by atoms with Gasteiger partial charge in [-0.2, -0.15) is 0 Å². The molecule has 0 radical (unpaired) electrons. The Morgan fingerprint density at radius 2 is 1.80 bits per heavy atom. The molecule has 112 valence electrons. The highest BCUT2D eigenvalue weighted by molar-refractivity contribution is 6.76. The zero-order chi connectivity index (χ0) is 14.4. The van der Waals surface area contributed by atoms with Gasteiger partial charge in [0.25, 0.3) is 0 Å². The molecule has 20 heavy (non-hydrogen) atoms. The zero-order valence-corrected chi connectivity index (χ0v) is 14.1. The number of hydrogen-bond donors (Lipinski definition) is 0. The molecule has 1 aromatic carbocycles. The fourth-order valence-electron chi connectivity index (χ4n) is 2.80. The lowest BCUT2D eigenvalue weighted by molar-refractivity contribution is 0.0230. The summed E-state index contributed by atoms with van der Waals surface area (Å²) >= 11 is 0. The fraction of sp³-hybridized carbons (Fsp3) is 0.647. The molecule has 1 aliphatic heterocycles. The van der Waals surface area contributed by atoms with E-state index in [9.17, 15) is 0 Å². The van der Waals surface area contributed by atoms with Gasteiger partial charge in [-0.3, -0.25) is 0 Å². The van der Waals surface area contributed by atoms with Gasteiger partial charge in [0, 0.05) is 14.7 Å². The van der Waals surface area contributed by atoms with E-state index >= 15 is 0 Å². The minimum Gasteiger partial charge on any atom is -0.377 e. The van der Waals surface area contributed by atoms with Gasteiger partial charge in [0.15, 0.2) is 0 Å². The quantitative estimate of drug-likeness (QED) is 0.545. The molecular formula is C17H28O2Si. The van der Waals surface area contributed by atoms with E-state index in [0.717, 1.165) is 13.0 Å². The van der Waals surface area contributed by atoms with Crippen LogP contribution in [0.4, 0.5) is 0 Å². The Labute approximate surface area is 124 Å². The van der Waals surface area contributed by atoms with E-state index in [-0.39, 0.29) is 0 Å². The van der Waals surface area contributed by atoms with Crippen molar-refractivity contribution in [3.05, 3.63) is 35.9 Å². The molecule has 0 aromatic heterocycles. The Balaban J connectivity index is 1.59. The molecule has 3 heteroatoms. The molecule has 1 fully saturated rings. The van der Waals surface area contributed by atoms with Crippen LogP contribution in [0.25, 0.3) is 0 Å². The van der Waals surface area contributed by atoms with Crippen LogP contribution in [-0.4, -0.2) is 26.9 Å². The first kappa shape index (κ1) is 15.7. The second kappa shape index (κ2) is 7.39. The summed E-state index contributed by atoms with van der Waals surface area (Å²) in [4.78, 5) is 0. The molecule has 0 aliphatic carbocycles. The lowest BCUT2D eigenvalue weighted by Gasteiger charge is -2.21. The van der Waals surface area contributed by atoms with Crippen molar-refractivity contribution in [2.75, 3.05) is 6.61 Å². The van der Waals surface area contributed by atoms with E-state index < -0.39 is 8.07 Å². The number of rotatable bonds is 7. The van der Waals surface area contributed by atoms with Gasteiger partial charge in [-0.25, -0.2) is 0 Å². The summed E-state index contributed by atoms with van der Waals surface area (Å²) in [6.45, 7) is 8.79. The third-order valence-electron chi connectivity index (χ3n) is 3.73. The van der Waals surface area contributed by atoms with E-state index in [1.807, 2.05) is 6.07 Å². The molecule has 0 bridgehead atoms. The lowest BCUT2D eigenvalue weighted by atomic mass is 10.1. The molecular weight excluding hydrogens is 264 g/mol. The molecule has 2 nitrogen and oxygen atoms in total. The van der Waals surface area contributed by atoms with Crippen LogP contribution in [0.3, 0.4) is 0 Å². The summed E-state index contributed by atoms with van der Waals surface area (Å²) in [5.41, 5.74) is 1.25. The van der Waals surface area contributed by atoms with E-state index in [0.29, 0.717) is 18.8 Å². The molecule has 0 spiro atoms. The van der Waals surface area contributed by atoms with Crippen molar-refractivity contribution < 1.29 is 9.47 Å². The monoisotopic (exact) mass is 292 g/mol. The summed E-state index contributed by atoms with van der Waals surface area (Å²) in [6.07, 6.45) is 4.43. The van der Waals surface area contributed by atoms with Crippen molar-refractivity contribution in [1.82, 2.24) is 0 Å². The minimum atomic E-state index is -0.990. The zero-order valence-electron chi connectivity index (χ0n) is 13.1. The highest BCUT2D eigenvalue weighted by atomic mass is 28.3. The van der Waals surface area contributed by atoms with Gasteiger partial charge in [-0.05, 0) is 30.9 Å². The Morgan fingerprint density at radius 1 is 1.10 bits per heavy atom. The second-order valence-electron chi connectivity index (χ2n) is 7.05. The standard InChI is InChI=1S/C17H28O2Si/c1-20(2,3)14-17-10-9-16(19-17)11-12-18-13-15-7-5-4-6-8-15/h4-8,16-17H,9-14H2,1-3H3/t16-,17-/m1/s1. The molecule has 0 N–H and O–H groups in total. The van der Waals surface area contributed by atoms with Gasteiger partial charge in [-0.15, -0.1) is 0 Å². The summed E-state index contributed by atoms with van der Waals surface area (Å²) in [5, 5.41) is 0. The van der Waals surface area contributed by atoms with Crippen LogP contribution in [0.15, 0.2) is 30.3 Å². The van der Waals surface area contributed by atoms with Crippen LogP contribution >= 0.6 is 0 Å². The summed E-state index contributed by atoms with van der Waals surface area (Å²) < 4.78 is 11.9. The highest BCUT2D eigenvalue weighted by Crippen LogP contribution is 2.28. The Morgan fingerprint density at radius 3 is 2.50 bits per heavy atom. The van der Waals surface area contributed by atoms with E-state index in [1.54, 1.807) is 0 Å². The molecule has 0 unspecified atom stereocenters. The van der Waals surface area contributed by atoms with Crippen LogP contribution in [0.2, 0.25) is 25.7 Å². The smallest absolute Gasteiger partial charge is 0.0716 e. The first-order valence-electron chi connectivity index (χ1n) is 7.80. The predicted octanol–water partition coefficient (Wildman–Crippen LogP) is 4.48. The SMILES string of the molecule is C[Si](C)(C)C[C@H]1CC[C@H](CCOCc2ccccc2)O1. The summed E-state index contributed by atoms with van der Waals surface area (Å²) in [7, 11) is -0.990. The van der Waals surface area contributed by atoms with Gasteiger partial charge < -0.3 is 9.47 Å². The van der Waals surface area contributed by atoms with E-state index in [2.05, 4.69) is 43.9 Å². The third-order valence-corrected chi connectivity index (χ3v) is 5.41. The molecule has 1 aromatic rings.